The molecule has 0 saturated heterocycles. The van der Waals surface area contributed by atoms with Crippen LogP contribution < -0.4 is 0 Å². The summed E-state index contributed by atoms with van der Waals surface area (Å²) in [7, 11) is 0. The van der Waals surface area contributed by atoms with Crippen LogP contribution in [0.1, 0.15) is 20.3 Å². The molecular formula is C10H12O5. The minimum absolute atomic E-state index is 0.290. The van der Waals surface area contributed by atoms with Crippen LogP contribution >= 0.6 is 0 Å². The van der Waals surface area contributed by atoms with E-state index in [1.807, 2.05) is 0 Å². The van der Waals surface area contributed by atoms with E-state index in [0.717, 1.165) is 6.08 Å². The number of ketones is 1. The van der Waals surface area contributed by atoms with E-state index >= 15 is 0 Å². The molecule has 0 radical (unpaired) electrons. The molecule has 2 N–H and O–H groups in total. The van der Waals surface area contributed by atoms with Gasteiger partial charge in [0, 0.05) is 6.42 Å². The number of Topliss-reactive ketones (excluding diaryl/α,β-unsaturated/α-hetero) is 1. The second-order valence-corrected chi connectivity index (χ2v) is 4.16. The van der Waals surface area contributed by atoms with Crippen LogP contribution in [0.5, 0.6) is 0 Å². The van der Waals surface area contributed by atoms with Crippen molar-refractivity contribution in [1.29, 1.82) is 0 Å². The molecule has 5 heteroatoms. The van der Waals surface area contributed by atoms with E-state index in [1.54, 1.807) is 0 Å². The minimum atomic E-state index is -1.59. The van der Waals surface area contributed by atoms with Crippen molar-refractivity contribution >= 4 is 17.7 Å². The van der Waals surface area contributed by atoms with Gasteiger partial charge in [-0.1, -0.05) is 12.2 Å². The van der Waals surface area contributed by atoms with Gasteiger partial charge < -0.3 is 10.2 Å². The molecule has 15 heavy (non-hydrogen) atoms. The van der Waals surface area contributed by atoms with Gasteiger partial charge in [-0.2, -0.15) is 0 Å². The molecule has 1 aliphatic rings. The van der Waals surface area contributed by atoms with E-state index < -0.39 is 28.6 Å². The number of rotatable bonds is 2. The zero-order valence-corrected chi connectivity index (χ0v) is 8.48. The topological polar surface area (TPSA) is 91.7 Å². The van der Waals surface area contributed by atoms with E-state index in [1.165, 1.54) is 19.9 Å². The summed E-state index contributed by atoms with van der Waals surface area (Å²) in [6.07, 6.45) is 2.15. The van der Waals surface area contributed by atoms with Crippen LogP contribution in [0.15, 0.2) is 12.2 Å². The molecule has 0 heterocycles. The summed E-state index contributed by atoms with van der Waals surface area (Å²) >= 11 is 0. The van der Waals surface area contributed by atoms with Crippen LogP contribution in [0.2, 0.25) is 0 Å². The van der Waals surface area contributed by atoms with Crippen LogP contribution in [-0.2, 0) is 14.4 Å². The molecule has 0 amide bonds. The molecule has 0 aromatic heterocycles. The maximum atomic E-state index is 11.6. The molecule has 0 aromatic rings. The van der Waals surface area contributed by atoms with Crippen molar-refractivity contribution in [2.75, 3.05) is 0 Å². The molecule has 82 valence electrons. The van der Waals surface area contributed by atoms with Crippen molar-refractivity contribution in [3.63, 3.8) is 0 Å². The number of hydrogen-bond acceptors (Lipinski definition) is 3. The van der Waals surface area contributed by atoms with Gasteiger partial charge in [-0.15, -0.1) is 0 Å². The lowest BCUT2D eigenvalue weighted by Crippen LogP contribution is -2.43. The first kappa shape index (κ1) is 11.4. The molecule has 0 bridgehead atoms. The number of aliphatic carboxylic acids is 2. The van der Waals surface area contributed by atoms with Crippen LogP contribution in [0.25, 0.3) is 0 Å². The highest BCUT2D eigenvalue weighted by Gasteiger charge is 2.47. The Morgan fingerprint density at radius 2 is 1.73 bits per heavy atom. The normalized spacial score (nSPS) is 35.2. The van der Waals surface area contributed by atoms with Crippen LogP contribution in [-0.4, -0.2) is 27.9 Å². The number of carbonyl (C=O) groups excluding carboxylic acids is 1. The Kier molecular flexibility index (Phi) is 2.43. The summed E-state index contributed by atoms with van der Waals surface area (Å²) in [5.74, 6) is -2.96. The smallest absolute Gasteiger partial charge is 0.320 e. The lowest BCUT2D eigenvalue weighted by Gasteiger charge is -2.31. The van der Waals surface area contributed by atoms with E-state index in [4.69, 9.17) is 10.2 Å². The molecule has 0 aromatic carbocycles. The zero-order valence-electron chi connectivity index (χ0n) is 8.48. The first-order valence-electron chi connectivity index (χ1n) is 4.43. The third-order valence-corrected chi connectivity index (χ3v) is 2.82. The molecule has 0 aliphatic heterocycles. The van der Waals surface area contributed by atoms with Crippen LogP contribution in [0, 0.1) is 10.8 Å². The van der Waals surface area contributed by atoms with Crippen molar-refractivity contribution < 1.29 is 24.6 Å². The van der Waals surface area contributed by atoms with Crippen LogP contribution in [0.4, 0.5) is 0 Å². The molecule has 2 atom stereocenters. The van der Waals surface area contributed by atoms with E-state index in [0.29, 0.717) is 0 Å². The molecule has 1 aliphatic carbocycles. The van der Waals surface area contributed by atoms with Gasteiger partial charge in [0.2, 0.25) is 0 Å². The van der Waals surface area contributed by atoms with Crippen LogP contribution in [0.3, 0.4) is 0 Å². The van der Waals surface area contributed by atoms with Gasteiger partial charge >= 0.3 is 11.9 Å². The summed E-state index contributed by atoms with van der Waals surface area (Å²) in [4.78, 5) is 33.3. The lowest BCUT2D eigenvalue weighted by molar-refractivity contribution is -0.156. The Labute approximate surface area is 86.4 Å². The largest absolute Gasteiger partial charge is 0.481 e. The number of carboxylic acid groups (broad SMARTS) is 2. The monoisotopic (exact) mass is 212 g/mol. The van der Waals surface area contributed by atoms with Gasteiger partial charge in [0.15, 0.2) is 5.78 Å². The van der Waals surface area contributed by atoms with Crippen molar-refractivity contribution in [2.24, 2.45) is 10.8 Å². The molecule has 1 rings (SSSR count). The Hall–Kier alpha value is -1.65. The van der Waals surface area contributed by atoms with E-state index in [9.17, 15) is 14.4 Å². The highest BCUT2D eigenvalue weighted by Crippen LogP contribution is 2.37. The Bertz CT molecular complexity index is 370. The Morgan fingerprint density at radius 3 is 2.07 bits per heavy atom. The van der Waals surface area contributed by atoms with Gasteiger partial charge in [0.05, 0.1) is 5.41 Å². The van der Waals surface area contributed by atoms with E-state index in [2.05, 4.69) is 0 Å². The second-order valence-electron chi connectivity index (χ2n) is 4.16. The highest BCUT2D eigenvalue weighted by atomic mass is 16.4. The van der Waals surface area contributed by atoms with Crippen molar-refractivity contribution in [1.82, 2.24) is 0 Å². The molecule has 0 spiro atoms. The summed E-state index contributed by atoms with van der Waals surface area (Å²) in [6.45, 7) is 2.67. The predicted octanol–water partition coefficient (Wildman–Crippen LogP) is 0.697. The fraction of sp³-hybridized carbons (Fsp3) is 0.500. The van der Waals surface area contributed by atoms with Gasteiger partial charge in [0.1, 0.15) is 5.41 Å². The lowest BCUT2D eigenvalue weighted by atomic mass is 9.70. The van der Waals surface area contributed by atoms with Gasteiger partial charge in [-0.25, -0.2) is 0 Å². The van der Waals surface area contributed by atoms with Crippen molar-refractivity contribution in [2.45, 2.75) is 20.3 Å². The number of hydrogen-bond donors (Lipinski definition) is 2. The summed E-state index contributed by atoms with van der Waals surface area (Å²) in [6, 6.07) is 0. The standard InChI is InChI=1S/C10H12O5/c1-9(7(12)13)3-4-10(2,8(14)15)6(11)5-9/h3-4H,5H2,1-2H3,(H,12,13)(H,14,15). The Balaban J connectivity index is 3.15. The number of carboxylic acids is 2. The second kappa shape index (κ2) is 3.18. The molecule has 2 unspecified atom stereocenters. The SMILES string of the molecule is CC1(C(=O)O)C=CC(C)(C(=O)O)C(=O)C1. The van der Waals surface area contributed by atoms with Gasteiger partial charge in [-0.3, -0.25) is 14.4 Å². The predicted molar refractivity (Wildman–Crippen MR) is 50.2 cm³/mol. The molecular weight excluding hydrogens is 200 g/mol. The van der Waals surface area contributed by atoms with E-state index in [-0.39, 0.29) is 6.42 Å². The van der Waals surface area contributed by atoms with Crippen molar-refractivity contribution in [3.8, 4) is 0 Å². The summed E-state index contributed by atoms with van der Waals surface area (Å²) in [5.41, 5.74) is -2.87. The quantitative estimate of drug-likeness (QED) is 0.519. The molecule has 0 saturated carbocycles. The average molecular weight is 212 g/mol. The first-order valence-corrected chi connectivity index (χ1v) is 4.43. The average Bonchev–Trinajstić information content (AvgIpc) is 2.11. The summed E-state index contributed by atoms with van der Waals surface area (Å²) in [5, 5.41) is 17.7. The highest BCUT2D eigenvalue weighted by molar-refractivity contribution is 6.07. The zero-order chi connectivity index (χ0) is 11.9. The summed E-state index contributed by atoms with van der Waals surface area (Å²) < 4.78 is 0. The van der Waals surface area contributed by atoms with Crippen molar-refractivity contribution in [3.05, 3.63) is 12.2 Å². The molecule has 0 fully saturated rings. The fourth-order valence-electron chi connectivity index (χ4n) is 1.36. The first-order chi connectivity index (χ1) is 6.72. The fourth-order valence-corrected chi connectivity index (χ4v) is 1.36. The van der Waals surface area contributed by atoms with Gasteiger partial charge in [0.25, 0.3) is 0 Å². The third kappa shape index (κ3) is 1.65. The number of carbonyl (C=O) groups is 3. The third-order valence-electron chi connectivity index (χ3n) is 2.82. The van der Waals surface area contributed by atoms with Gasteiger partial charge in [-0.05, 0) is 13.8 Å². The maximum Gasteiger partial charge on any atom is 0.320 e. The maximum absolute atomic E-state index is 11.6. The molecule has 5 nitrogen and oxygen atoms in total. The minimum Gasteiger partial charge on any atom is -0.481 e. The Morgan fingerprint density at radius 1 is 1.20 bits per heavy atom.